The van der Waals surface area contributed by atoms with Gasteiger partial charge in [0.15, 0.2) is 0 Å². The molecule has 0 aliphatic carbocycles. The number of carbonyl (C=O) groups excluding carboxylic acids is 2. The SMILES string of the molecule is CCC(C(=O)OC)c1ccc(C)c(OC)c1.COC(=O)Cc1ccc(C)c(OC)c1. The van der Waals surface area contributed by atoms with Gasteiger partial charge in [-0.25, -0.2) is 0 Å². The zero-order valence-corrected chi connectivity index (χ0v) is 18.9. The number of aryl methyl sites for hydroxylation is 2. The van der Waals surface area contributed by atoms with Gasteiger partial charge in [-0.15, -0.1) is 0 Å². The molecule has 0 aliphatic heterocycles. The fourth-order valence-electron chi connectivity index (χ4n) is 2.95. The van der Waals surface area contributed by atoms with Gasteiger partial charge in [0.2, 0.25) is 0 Å². The number of carbonyl (C=O) groups is 2. The Hall–Kier alpha value is -3.02. The molecule has 0 N–H and O–H groups in total. The number of esters is 2. The van der Waals surface area contributed by atoms with Crippen LogP contribution in [-0.4, -0.2) is 40.4 Å². The largest absolute Gasteiger partial charge is 0.496 e. The molecule has 30 heavy (non-hydrogen) atoms. The molecule has 2 aromatic carbocycles. The third kappa shape index (κ3) is 7.10. The maximum Gasteiger partial charge on any atom is 0.313 e. The minimum absolute atomic E-state index is 0.201. The molecule has 6 heteroatoms. The Balaban J connectivity index is 0.000000303. The molecule has 0 bridgehead atoms. The molecule has 0 spiro atoms. The topological polar surface area (TPSA) is 71.1 Å². The van der Waals surface area contributed by atoms with E-state index in [4.69, 9.17) is 14.2 Å². The van der Waals surface area contributed by atoms with Gasteiger partial charge >= 0.3 is 11.9 Å². The van der Waals surface area contributed by atoms with Gasteiger partial charge in [0.05, 0.1) is 40.8 Å². The summed E-state index contributed by atoms with van der Waals surface area (Å²) in [6, 6.07) is 11.5. The molecule has 2 rings (SSSR count). The summed E-state index contributed by atoms with van der Waals surface area (Å²) < 4.78 is 19.8. The number of benzene rings is 2. The van der Waals surface area contributed by atoms with Crippen molar-refractivity contribution in [2.45, 2.75) is 39.5 Å². The first kappa shape index (κ1) is 25.0. The molecule has 0 saturated heterocycles. The molecule has 0 saturated carbocycles. The third-order valence-corrected chi connectivity index (χ3v) is 4.78. The van der Waals surface area contributed by atoms with Crippen LogP contribution in [0, 0.1) is 13.8 Å². The second-order valence-corrected chi connectivity index (χ2v) is 6.77. The maximum absolute atomic E-state index is 11.6. The van der Waals surface area contributed by atoms with Crippen LogP contribution in [0.1, 0.15) is 41.5 Å². The van der Waals surface area contributed by atoms with Gasteiger partial charge in [0.1, 0.15) is 11.5 Å². The average Bonchev–Trinajstić information content (AvgIpc) is 2.76. The number of rotatable bonds is 7. The molecule has 0 amide bonds. The minimum Gasteiger partial charge on any atom is -0.496 e. The van der Waals surface area contributed by atoms with Crippen molar-refractivity contribution in [1.29, 1.82) is 0 Å². The third-order valence-electron chi connectivity index (χ3n) is 4.78. The monoisotopic (exact) mass is 416 g/mol. The van der Waals surface area contributed by atoms with E-state index in [2.05, 4.69) is 4.74 Å². The van der Waals surface area contributed by atoms with Crippen LogP contribution < -0.4 is 9.47 Å². The minimum atomic E-state index is -0.240. The van der Waals surface area contributed by atoms with Crippen LogP contribution in [-0.2, 0) is 25.5 Å². The molecule has 0 aliphatic rings. The van der Waals surface area contributed by atoms with Gasteiger partial charge in [0, 0.05) is 0 Å². The summed E-state index contributed by atoms with van der Waals surface area (Å²) in [5.74, 6) is 0.954. The fraction of sp³-hybridized carbons (Fsp3) is 0.417. The highest BCUT2D eigenvalue weighted by Gasteiger charge is 2.20. The Morgan fingerprint density at radius 1 is 0.833 bits per heavy atom. The number of hydrogen-bond acceptors (Lipinski definition) is 6. The predicted molar refractivity (Wildman–Crippen MR) is 116 cm³/mol. The van der Waals surface area contributed by atoms with E-state index < -0.39 is 0 Å². The van der Waals surface area contributed by atoms with Gasteiger partial charge in [0.25, 0.3) is 0 Å². The van der Waals surface area contributed by atoms with Crippen LogP contribution in [0.3, 0.4) is 0 Å². The molecule has 0 radical (unpaired) electrons. The average molecular weight is 417 g/mol. The van der Waals surface area contributed by atoms with Crippen LogP contribution in [0.2, 0.25) is 0 Å². The van der Waals surface area contributed by atoms with E-state index in [9.17, 15) is 9.59 Å². The quantitative estimate of drug-likeness (QED) is 0.624. The van der Waals surface area contributed by atoms with E-state index in [1.807, 2.05) is 57.2 Å². The molecular weight excluding hydrogens is 384 g/mol. The normalized spacial score (nSPS) is 10.9. The first-order valence-corrected chi connectivity index (χ1v) is 9.73. The van der Waals surface area contributed by atoms with E-state index in [1.165, 1.54) is 14.2 Å². The van der Waals surface area contributed by atoms with E-state index in [-0.39, 0.29) is 24.3 Å². The molecule has 6 nitrogen and oxygen atoms in total. The molecule has 164 valence electrons. The lowest BCUT2D eigenvalue weighted by molar-refractivity contribution is -0.142. The Morgan fingerprint density at radius 2 is 1.40 bits per heavy atom. The Bertz CT molecular complexity index is 844. The van der Waals surface area contributed by atoms with Gasteiger partial charge < -0.3 is 18.9 Å². The first-order chi connectivity index (χ1) is 14.3. The summed E-state index contributed by atoms with van der Waals surface area (Å²) in [6.45, 7) is 5.90. The Kier molecular flexibility index (Phi) is 10.4. The molecule has 0 fully saturated rings. The standard InChI is InChI=1S/C13H18O3.C11H14O3/c1-5-11(13(14)16-4)10-7-6-9(2)12(8-10)15-3;1-8-4-5-9(6-10(8)13-2)7-11(12)14-3/h6-8,11H,5H2,1-4H3;4-6H,7H2,1-3H3. The van der Waals surface area contributed by atoms with Gasteiger partial charge in [-0.2, -0.15) is 0 Å². The van der Waals surface area contributed by atoms with E-state index in [1.54, 1.807) is 14.2 Å². The first-order valence-electron chi connectivity index (χ1n) is 9.73. The van der Waals surface area contributed by atoms with Crippen molar-refractivity contribution >= 4 is 11.9 Å². The van der Waals surface area contributed by atoms with Crippen molar-refractivity contribution in [3.63, 3.8) is 0 Å². The van der Waals surface area contributed by atoms with Crippen molar-refractivity contribution in [1.82, 2.24) is 0 Å². The molecule has 1 atom stereocenters. The van der Waals surface area contributed by atoms with E-state index in [0.29, 0.717) is 0 Å². The summed E-state index contributed by atoms with van der Waals surface area (Å²) in [5.41, 5.74) is 3.96. The van der Waals surface area contributed by atoms with Crippen LogP contribution in [0.4, 0.5) is 0 Å². The summed E-state index contributed by atoms with van der Waals surface area (Å²) >= 11 is 0. The van der Waals surface area contributed by atoms with E-state index >= 15 is 0 Å². The smallest absolute Gasteiger partial charge is 0.313 e. The summed E-state index contributed by atoms with van der Waals surface area (Å²) in [7, 11) is 6.04. The highest BCUT2D eigenvalue weighted by molar-refractivity contribution is 5.78. The fourth-order valence-corrected chi connectivity index (χ4v) is 2.95. The Morgan fingerprint density at radius 3 is 1.90 bits per heavy atom. The lowest BCUT2D eigenvalue weighted by atomic mass is 9.95. The van der Waals surface area contributed by atoms with Crippen molar-refractivity contribution in [3.05, 3.63) is 58.7 Å². The maximum atomic E-state index is 11.6. The molecule has 0 aromatic heterocycles. The van der Waals surface area contributed by atoms with Crippen molar-refractivity contribution in [3.8, 4) is 11.5 Å². The Labute approximate surface area is 179 Å². The zero-order chi connectivity index (χ0) is 22.7. The summed E-state index contributed by atoms with van der Waals surface area (Å²) in [6.07, 6.45) is 1.01. The summed E-state index contributed by atoms with van der Waals surface area (Å²) in [5, 5.41) is 0. The van der Waals surface area contributed by atoms with Crippen molar-refractivity contribution < 1.29 is 28.5 Å². The van der Waals surface area contributed by atoms with Gasteiger partial charge in [-0.3, -0.25) is 9.59 Å². The number of ether oxygens (including phenoxy) is 4. The highest BCUT2D eigenvalue weighted by atomic mass is 16.5. The molecular formula is C24H32O6. The lowest BCUT2D eigenvalue weighted by Gasteiger charge is -2.14. The summed E-state index contributed by atoms with van der Waals surface area (Å²) in [4.78, 5) is 22.6. The lowest BCUT2D eigenvalue weighted by Crippen LogP contribution is -2.13. The molecule has 0 heterocycles. The zero-order valence-electron chi connectivity index (χ0n) is 18.9. The van der Waals surface area contributed by atoms with Crippen molar-refractivity contribution in [2.24, 2.45) is 0 Å². The predicted octanol–water partition coefficient (Wildman–Crippen LogP) is 4.39. The number of methoxy groups -OCH3 is 4. The van der Waals surface area contributed by atoms with Crippen LogP contribution in [0.25, 0.3) is 0 Å². The van der Waals surface area contributed by atoms with Gasteiger partial charge in [-0.05, 0) is 54.7 Å². The van der Waals surface area contributed by atoms with E-state index in [0.717, 1.165) is 40.2 Å². The number of hydrogen-bond donors (Lipinski definition) is 0. The van der Waals surface area contributed by atoms with Crippen LogP contribution >= 0.6 is 0 Å². The van der Waals surface area contributed by atoms with Crippen LogP contribution in [0.15, 0.2) is 36.4 Å². The van der Waals surface area contributed by atoms with Gasteiger partial charge in [-0.1, -0.05) is 31.2 Å². The highest BCUT2D eigenvalue weighted by Crippen LogP contribution is 2.27. The van der Waals surface area contributed by atoms with Crippen molar-refractivity contribution in [2.75, 3.05) is 28.4 Å². The van der Waals surface area contributed by atoms with Crippen LogP contribution in [0.5, 0.6) is 11.5 Å². The molecule has 2 aromatic rings. The second kappa shape index (κ2) is 12.5. The second-order valence-electron chi connectivity index (χ2n) is 6.77. The molecule has 1 unspecified atom stereocenters.